The van der Waals surface area contributed by atoms with Crippen LogP contribution in [-0.2, 0) is 4.43 Å². The highest BCUT2D eigenvalue weighted by Crippen LogP contribution is 2.00. The van der Waals surface area contributed by atoms with Gasteiger partial charge in [0.15, 0.2) is 0 Å². The van der Waals surface area contributed by atoms with Gasteiger partial charge >= 0.3 is 0 Å². The van der Waals surface area contributed by atoms with Crippen LogP contribution in [0.5, 0.6) is 0 Å². The Labute approximate surface area is 77.8 Å². The van der Waals surface area contributed by atoms with Gasteiger partial charge in [-0.1, -0.05) is 13.8 Å². The van der Waals surface area contributed by atoms with Gasteiger partial charge in [0.25, 0.3) is 0 Å². The highest BCUT2D eigenvalue weighted by atomic mass is 28.3. The van der Waals surface area contributed by atoms with Crippen LogP contribution < -0.4 is 0 Å². The fourth-order valence-electron chi connectivity index (χ4n) is 0.906. The molecule has 0 amide bonds. The van der Waals surface area contributed by atoms with Gasteiger partial charge in [-0.2, -0.15) is 0 Å². The van der Waals surface area contributed by atoms with E-state index < -0.39 is 9.04 Å². The monoisotopic (exact) mass is 186 g/mol. The van der Waals surface area contributed by atoms with E-state index in [1.807, 2.05) is 7.11 Å². The van der Waals surface area contributed by atoms with Crippen LogP contribution >= 0.6 is 0 Å². The Hall–Kier alpha value is -0.153. The van der Waals surface area contributed by atoms with Crippen LogP contribution in [0.3, 0.4) is 0 Å². The summed E-state index contributed by atoms with van der Waals surface area (Å²) >= 11 is 0. The van der Waals surface area contributed by atoms with Crippen molar-refractivity contribution in [1.29, 1.82) is 0 Å². The first-order chi connectivity index (χ1) is 5.74. The lowest BCUT2D eigenvalue weighted by Gasteiger charge is -2.07. The molecule has 0 aliphatic rings. The largest absolute Gasteiger partial charge is 0.420 e. The van der Waals surface area contributed by atoms with E-state index in [-0.39, 0.29) is 0 Å². The van der Waals surface area contributed by atoms with Crippen LogP contribution in [0.1, 0.15) is 27.2 Å². The summed E-state index contributed by atoms with van der Waals surface area (Å²) < 4.78 is 5.35. The molecule has 0 saturated heterocycles. The molecule has 0 aromatic rings. The van der Waals surface area contributed by atoms with Gasteiger partial charge in [0, 0.05) is 19.4 Å². The number of hydrogen-bond acceptors (Lipinski definition) is 2. The lowest BCUT2D eigenvalue weighted by Crippen LogP contribution is -2.15. The van der Waals surface area contributed by atoms with Crippen molar-refractivity contribution in [3.05, 3.63) is 0 Å². The van der Waals surface area contributed by atoms with Gasteiger partial charge in [-0.05, 0) is 25.4 Å². The minimum absolute atomic E-state index is 0.534. The highest BCUT2D eigenvalue weighted by molar-refractivity contribution is 6.51. The van der Waals surface area contributed by atoms with Crippen molar-refractivity contribution in [3.63, 3.8) is 0 Å². The van der Waals surface area contributed by atoms with Crippen LogP contribution in [0.2, 0.25) is 12.1 Å². The first kappa shape index (κ1) is 11.8. The third kappa shape index (κ3) is 5.49. The Morgan fingerprint density at radius 1 is 1.42 bits per heavy atom. The molecule has 3 heteroatoms. The van der Waals surface area contributed by atoms with Gasteiger partial charge < -0.3 is 4.43 Å². The van der Waals surface area contributed by atoms with Crippen LogP contribution in [0, 0.1) is 0 Å². The molecule has 12 heavy (non-hydrogen) atoms. The van der Waals surface area contributed by atoms with E-state index in [2.05, 4.69) is 25.8 Å². The first-order valence-corrected chi connectivity index (χ1v) is 6.45. The minimum Gasteiger partial charge on any atom is -0.420 e. The average molecular weight is 186 g/mol. The van der Waals surface area contributed by atoms with Crippen LogP contribution in [-0.4, -0.2) is 28.4 Å². The molecule has 0 heterocycles. The molecule has 0 fully saturated rings. The Bertz CT molecular complexity index is 132. The van der Waals surface area contributed by atoms with Crippen molar-refractivity contribution in [2.45, 2.75) is 39.3 Å². The number of hydrogen-bond donors (Lipinski definition) is 0. The molecule has 0 saturated carbocycles. The smallest absolute Gasteiger partial charge is 0.212 e. The second-order valence-corrected chi connectivity index (χ2v) is 5.51. The van der Waals surface area contributed by atoms with Crippen molar-refractivity contribution in [2.75, 3.05) is 13.7 Å². The fraction of sp³-hybridized carbons (Fsp3) is 0.889. The molecule has 0 atom stereocenters. The number of nitrogens with zero attached hydrogens (tertiary/aromatic N) is 1. The van der Waals surface area contributed by atoms with E-state index in [1.54, 1.807) is 0 Å². The van der Waals surface area contributed by atoms with Crippen molar-refractivity contribution in [1.82, 2.24) is 0 Å². The molecule has 1 radical (unpaired) electrons. The highest BCUT2D eigenvalue weighted by Gasteiger charge is 2.06. The van der Waals surface area contributed by atoms with Gasteiger partial charge in [-0.25, -0.2) is 0 Å². The molecule has 0 unspecified atom stereocenters. The Morgan fingerprint density at radius 3 is 2.50 bits per heavy atom. The van der Waals surface area contributed by atoms with Gasteiger partial charge in [0.05, 0.1) is 0 Å². The molecule has 0 aliphatic carbocycles. The lowest BCUT2D eigenvalue weighted by atomic mass is 10.3. The quantitative estimate of drug-likeness (QED) is 0.461. The summed E-state index contributed by atoms with van der Waals surface area (Å²) in [5.74, 6) is 0. The fourth-order valence-corrected chi connectivity index (χ4v) is 2.11. The Balaban J connectivity index is 3.53. The second kappa shape index (κ2) is 7.49. The van der Waals surface area contributed by atoms with E-state index in [4.69, 9.17) is 4.43 Å². The maximum absolute atomic E-state index is 5.35. The van der Waals surface area contributed by atoms with Crippen molar-refractivity contribution in [2.24, 2.45) is 4.99 Å². The van der Waals surface area contributed by atoms with Crippen LogP contribution in [0.4, 0.5) is 0 Å². The van der Waals surface area contributed by atoms with E-state index >= 15 is 0 Å². The summed E-state index contributed by atoms with van der Waals surface area (Å²) in [7, 11) is 1.28. The standard InChI is InChI=1S/C9H20NOSi/c1-5-9(3)10-7-8-12(6-2)11-4/h5-8H2,1-4H3. The molecule has 0 N–H and O–H groups in total. The lowest BCUT2D eigenvalue weighted by molar-refractivity contribution is 0.419. The normalized spacial score (nSPS) is 12.6. The predicted octanol–water partition coefficient (Wildman–Crippen LogP) is 2.52. The summed E-state index contributed by atoms with van der Waals surface area (Å²) in [6.45, 7) is 7.37. The Morgan fingerprint density at radius 2 is 2.08 bits per heavy atom. The SMILES string of the molecule is CCC(C)=NCC[Si](CC)OC. The zero-order valence-corrected chi connectivity index (χ0v) is 9.68. The maximum atomic E-state index is 5.35. The van der Waals surface area contributed by atoms with E-state index in [1.165, 1.54) is 11.8 Å². The molecule has 0 rings (SSSR count). The molecule has 71 valence electrons. The topological polar surface area (TPSA) is 21.6 Å². The number of aliphatic imine (C=N–C) groups is 1. The van der Waals surface area contributed by atoms with Gasteiger partial charge in [-0.15, -0.1) is 0 Å². The molecular formula is C9H20NOSi. The maximum Gasteiger partial charge on any atom is 0.212 e. The molecular weight excluding hydrogens is 166 g/mol. The summed E-state index contributed by atoms with van der Waals surface area (Å²) in [4.78, 5) is 4.44. The van der Waals surface area contributed by atoms with Crippen molar-refractivity contribution >= 4 is 14.8 Å². The number of rotatable bonds is 6. The zero-order valence-electron chi connectivity index (χ0n) is 8.68. The van der Waals surface area contributed by atoms with Crippen molar-refractivity contribution < 1.29 is 4.43 Å². The van der Waals surface area contributed by atoms with Crippen LogP contribution in [0.15, 0.2) is 4.99 Å². The molecule has 0 aliphatic heterocycles. The van der Waals surface area contributed by atoms with E-state index in [0.29, 0.717) is 0 Å². The third-order valence-corrected chi connectivity index (χ3v) is 4.11. The van der Waals surface area contributed by atoms with Crippen molar-refractivity contribution in [3.8, 4) is 0 Å². The Kier molecular flexibility index (Phi) is 7.40. The van der Waals surface area contributed by atoms with E-state index in [0.717, 1.165) is 19.0 Å². The molecule has 0 bridgehead atoms. The molecule has 0 spiro atoms. The third-order valence-electron chi connectivity index (χ3n) is 1.97. The van der Waals surface area contributed by atoms with E-state index in [9.17, 15) is 0 Å². The van der Waals surface area contributed by atoms with Gasteiger partial charge in [-0.3, -0.25) is 4.99 Å². The molecule has 2 nitrogen and oxygen atoms in total. The average Bonchev–Trinajstić information content (AvgIpc) is 2.12. The first-order valence-electron chi connectivity index (χ1n) is 4.63. The van der Waals surface area contributed by atoms with Crippen LogP contribution in [0.25, 0.3) is 0 Å². The summed E-state index contributed by atoms with van der Waals surface area (Å²) in [5, 5.41) is 0. The summed E-state index contributed by atoms with van der Waals surface area (Å²) in [6, 6.07) is 2.33. The predicted molar refractivity (Wildman–Crippen MR) is 56.3 cm³/mol. The second-order valence-electron chi connectivity index (χ2n) is 2.82. The zero-order chi connectivity index (χ0) is 9.40. The molecule has 0 aromatic carbocycles. The summed E-state index contributed by atoms with van der Waals surface area (Å²) in [5.41, 5.74) is 1.25. The minimum atomic E-state index is -0.534. The summed E-state index contributed by atoms with van der Waals surface area (Å²) in [6.07, 6.45) is 1.07. The molecule has 0 aromatic heterocycles. The van der Waals surface area contributed by atoms with Gasteiger partial charge in [0.2, 0.25) is 9.04 Å². The van der Waals surface area contributed by atoms with Gasteiger partial charge in [0.1, 0.15) is 0 Å².